The Kier molecular flexibility index (Phi) is 4.89. The zero-order chi connectivity index (χ0) is 14.7. The average molecular weight is 340 g/mol. The fraction of sp³-hybridized carbons (Fsp3) is 0.250. The van der Waals surface area contributed by atoms with E-state index in [2.05, 4.69) is 21.2 Å². The Labute approximate surface area is 126 Å². The Morgan fingerprint density at radius 1 is 1.15 bits per heavy atom. The van der Waals surface area contributed by atoms with Gasteiger partial charge in [-0.15, -0.1) is 0 Å². The zero-order valence-corrected chi connectivity index (χ0v) is 13.0. The first kappa shape index (κ1) is 15.1. The lowest BCUT2D eigenvalue weighted by Gasteiger charge is -2.18. The van der Waals surface area contributed by atoms with Crippen LogP contribution < -0.4 is 5.32 Å². The summed E-state index contributed by atoms with van der Waals surface area (Å²) in [4.78, 5) is 0. The van der Waals surface area contributed by atoms with Crippen molar-refractivity contribution >= 4 is 15.9 Å². The lowest BCUT2D eigenvalue weighted by Crippen LogP contribution is -2.20. The molecule has 2 aromatic rings. The highest BCUT2D eigenvalue weighted by Crippen LogP contribution is 2.25. The molecule has 0 amide bonds. The molecule has 0 fully saturated rings. The van der Waals surface area contributed by atoms with Crippen LogP contribution >= 0.6 is 15.9 Å². The van der Waals surface area contributed by atoms with Gasteiger partial charge in [-0.2, -0.15) is 0 Å². The molecule has 0 spiro atoms. The number of aryl methyl sites for hydroxylation is 1. The van der Waals surface area contributed by atoms with Crippen molar-refractivity contribution in [1.29, 1.82) is 0 Å². The van der Waals surface area contributed by atoms with E-state index < -0.39 is 11.6 Å². The van der Waals surface area contributed by atoms with Crippen LogP contribution in [0, 0.1) is 18.6 Å². The molecule has 0 aliphatic heterocycles. The van der Waals surface area contributed by atoms with E-state index in [9.17, 15) is 8.78 Å². The van der Waals surface area contributed by atoms with Gasteiger partial charge in [0.25, 0.3) is 0 Å². The standard InChI is InChI=1S/C16H16BrF2N/c1-10-6-11(8-12(17)7-10)16(20-2)9-13-14(18)4-3-5-15(13)19/h3-8,16,20H,9H2,1-2H3. The molecule has 4 heteroatoms. The van der Waals surface area contributed by atoms with Crippen molar-refractivity contribution in [2.45, 2.75) is 19.4 Å². The summed E-state index contributed by atoms with van der Waals surface area (Å²) in [5, 5.41) is 3.12. The minimum atomic E-state index is -0.503. The summed E-state index contributed by atoms with van der Waals surface area (Å²) in [7, 11) is 1.79. The number of benzene rings is 2. The monoisotopic (exact) mass is 339 g/mol. The quantitative estimate of drug-likeness (QED) is 0.862. The molecule has 1 unspecified atom stereocenters. The van der Waals surface area contributed by atoms with Crippen LogP contribution in [0.3, 0.4) is 0 Å². The van der Waals surface area contributed by atoms with Crippen molar-refractivity contribution in [3.8, 4) is 0 Å². The maximum absolute atomic E-state index is 13.7. The minimum Gasteiger partial charge on any atom is -0.313 e. The van der Waals surface area contributed by atoms with Gasteiger partial charge in [0.15, 0.2) is 0 Å². The largest absolute Gasteiger partial charge is 0.313 e. The lowest BCUT2D eigenvalue weighted by atomic mass is 9.97. The summed E-state index contributed by atoms with van der Waals surface area (Å²) in [6.45, 7) is 1.99. The molecule has 0 bridgehead atoms. The minimum absolute atomic E-state index is 0.115. The molecule has 1 nitrogen and oxygen atoms in total. The van der Waals surface area contributed by atoms with Crippen LogP contribution in [0.25, 0.3) is 0 Å². The van der Waals surface area contributed by atoms with Gasteiger partial charge >= 0.3 is 0 Å². The highest BCUT2D eigenvalue weighted by Gasteiger charge is 2.16. The summed E-state index contributed by atoms with van der Waals surface area (Å²) < 4.78 is 28.4. The predicted molar refractivity (Wildman–Crippen MR) is 80.7 cm³/mol. The van der Waals surface area contributed by atoms with Gasteiger partial charge in [0.05, 0.1) is 0 Å². The molecule has 1 N–H and O–H groups in total. The second-order valence-electron chi connectivity index (χ2n) is 4.81. The number of likely N-dealkylation sites (N-methyl/N-ethyl adjacent to an activating group) is 1. The van der Waals surface area contributed by atoms with E-state index >= 15 is 0 Å². The topological polar surface area (TPSA) is 12.0 Å². The van der Waals surface area contributed by atoms with Crippen molar-refractivity contribution in [1.82, 2.24) is 5.32 Å². The number of halogens is 3. The first-order valence-corrected chi connectivity index (χ1v) is 7.18. The SMILES string of the molecule is CNC(Cc1c(F)cccc1F)c1cc(C)cc(Br)c1. The molecule has 0 aliphatic rings. The summed E-state index contributed by atoms with van der Waals surface area (Å²) in [5.74, 6) is -1.01. The molecule has 0 aliphatic carbocycles. The summed E-state index contributed by atoms with van der Waals surface area (Å²) in [6.07, 6.45) is 0.269. The van der Waals surface area contributed by atoms with Gasteiger partial charge in [0.1, 0.15) is 11.6 Å². The van der Waals surface area contributed by atoms with Crippen LogP contribution in [0.15, 0.2) is 40.9 Å². The van der Waals surface area contributed by atoms with Crippen molar-refractivity contribution in [3.05, 3.63) is 69.2 Å². The second kappa shape index (κ2) is 6.46. The molecular weight excluding hydrogens is 324 g/mol. The number of rotatable bonds is 4. The average Bonchev–Trinajstić information content (AvgIpc) is 2.37. The predicted octanol–water partition coefficient (Wildman–Crippen LogP) is 4.54. The number of hydrogen-bond donors (Lipinski definition) is 1. The summed E-state index contributed by atoms with van der Waals surface area (Å²) >= 11 is 3.45. The van der Waals surface area contributed by atoms with E-state index in [1.54, 1.807) is 7.05 Å². The summed E-state index contributed by atoms with van der Waals surface area (Å²) in [5.41, 5.74) is 2.22. The fourth-order valence-electron chi connectivity index (χ4n) is 2.28. The van der Waals surface area contributed by atoms with Crippen LogP contribution in [0.2, 0.25) is 0 Å². The van der Waals surface area contributed by atoms with Crippen LogP contribution in [0.4, 0.5) is 8.78 Å². The Balaban J connectivity index is 2.33. The van der Waals surface area contributed by atoms with Gasteiger partial charge in [-0.1, -0.05) is 28.1 Å². The van der Waals surface area contributed by atoms with Gasteiger partial charge in [-0.05, 0) is 55.8 Å². The fourth-order valence-corrected chi connectivity index (χ4v) is 2.91. The highest BCUT2D eigenvalue weighted by atomic mass is 79.9. The van der Waals surface area contributed by atoms with E-state index in [1.165, 1.54) is 18.2 Å². The molecule has 0 radical (unpaired) electrons. The summed E-state index contributed by atoms with van der Waals surface area (Å²) in [6, 6.07) is 9.80. The lowest BCUT2D eigenvalue weighted by molar-refractivity contribution is 0.515. The van der Waals surface area contributed by atoms with Crippen LogP contribution in [-0.4, -0.2) is 7.05 Å². The van der Waals surface area contributed by atoms with Crippen LogP contribution in [0.1, 0.15) is 22.7 Å². The van der Waals surface area contributed by atoms with Crippen molar-refractivity contribution in [2.24, 2.45) is 0 Å². The molecule has 0 saturated heterocycles. The molecule has 2 rings (SSSR count). The molecule has 0 aromatic heterocycles. The molecule has 106 valence electrons. The van der Waals surface area contributed by atoms with E-state index in [0.717, 1.165) is 15.6 Å². The van der Waals surface area contributed by atoms with Gasteiger partial charge < -0.3 is 5.32 Å². The third-order valence-electron chi connectivity index (χ3n) is 3.29. The zero-order valence-electron chi connectivity index (χ0n) is 11.4. The van der Waals surface area contributed by atoms with Crippen molar-refractivity contribution in [3.63, 3.8) is 0 Å². The molecular formula is C16H16BrF2N. The Hall–Kier alpha value is -1.26. The molecule has 20 heavy (non-hydrogen) atoms. The molecule has 0 saturated carbocycles. The first-order chi connectivity index (χ1) is 9.51. The smallest absolute Gasteiger partial charge is 0.129 e. The van der Waals surface area contributed by atoms with E-state index in [-0.39, 0.29) is 18.0 Å². The van der Waals surface area contributed by atoms with Crippen LogP contribution in [-0.2, 0) is 6.42 Å². The Morgan fingerprint density at radius 2 is 1.80 bits per heavy atom. The maximum atomic E-state index is 13.7. The van der Waals surface area contributed by atoms with Gasteiger partial charge in [-0.3, -0.25) is 0 Å². The molecule has 0 heterocycles. The third-order valence-corrected chi connectivity index (χ3v) is 3.74. The maximum Gasteiger partial charge on any atom is 0.129 e. The van der Waals surface area contributed by atoms with E-state index in [4.69, 9.17) is 0 Å². The number of nitrogens with one attached hydrogen (secondary N) is 1. The highest BCUT2D eigenvalue weighted by molar-refractivity contribution is 9.10. The van der Waals surface area contributed by atoms with Gasteiger partial charge in [-0.25, -0.2) is 8.78 Å². The van der Waals surface area contributed by atoms with Crippen molar-refractivity contribution in [2.75, 3.05) is 7.05 Å². The first-order valence-electron chi connectivity index (χ1n) is 6.38. The number of hydrogen-bond acceptors (Lipinski definition) is 1. The van der Waals surface area contributed by atoms with Gasteiger partial charge in [0.2, 0.25) is 0 Å². The molecule has 1 atom stereocenters. The van der Waals surface area contributed by atoms with Crippen LogP contribution in [0.5, 0.6) is 0 Å². The normalized spacial score (nSPS) is 12.4. The second-order valence-corrected chi connectivity index (χ2v) is 5.72. The Morgan fingerprint density at radius 3 is 2.35 bits per heavy atom. The van der Waals surface area contributed by atoms with Crippen molar-refractivity contribution < 1.29 is 8.78 Å². The van der Waals surface area contributed by atoms with E-state index in [0.29, 0.717) is 0 Å². The molecule has 2 aromatic carbocycles. The third kappa shape index (κ3) is 3.44. The van der Waals surface area contributed by atoms with E-state index in [1.807, 2.05) is 25.1 Å². The van der Waals surface area contributed by atoms with Gasteiger partial charge in [0, 0.05) is 16.1 Å². The Bertz CT molecular complexity index is 573.